The van der Waals surface area contributed by atoms with E-state index in [0.29, 0.717) is 0 Å². The smallest absolute Gasteiger partial charge is 0.394 e. The highest BCUT2D eigenvalue weighted by Gasteiger charge is 2.49. The SMILES string of the molecule is O=c1ccn([C@@H]2O[C@@H](COP(=O)(O)OP(=O)(O)O[C@H]3O[C@@H](CO)[C@@H](O)[C@@H](O)[C@H]3O)[C@@H](O)[C@@H]2O)c(=O)[nH]1. The Labute approximate surface area is 199 Å². The molecule has 19 nitrogen and oxygen atoms in total. The first-order valence-corrected chi connectivity index (χ1v) is 13.0. The lowest BCUT2D eigenvalue weighted by molar-refractivity contribution is -0.280. The second-order valence-electron chi connectivity index (χ2n) is 7.68. The van der Waals surface area contributed by atoms with Crippen molar-refractivity contribution in [1.29, 1.82) is 0 Å². The fourth-order valence-corrected chi connectivity index (χ4v) is 5.51. The number of aromatic nitrogens is 2. The maximum absolute atomic E-state index is 12.2. The molecule has 36 heavy (non-hydrogen) atoms. The van der Waals surface area contributed by atoms with Crippen LogP contribution < -0.4 is 11.2 Å². The number of aliphatic hydroxyl groups is 6. The summed E-state index contributed by atoms with van der Waals surface area (Å²) in [5, 5.41) is 58.6. The van der Waals surface area contributed by atoms with E-state index in [-0.39, 0.29) is 0 Å². The van der Waals surface area contributed by atoms with E-state index in [0.717, 1.165) is 16.8 Å². The van der Waals surface area contributed by atoms with Crippen molar-refractivity contribution < 1.29 is 72.4 Å². The molecule has 11 atom stereocenters. The van der Waals surface area contributed by atoms with E-state index in [1.807, 2.05) is 4.98 Å². The van der Waals surface area contributed by atoms with Gasteiger partial charge in [0.05, 0.1) is 13.2 Å². The van der Waals surface area contributed by atoms with Crippen LogP contribution in [0.2, 0.25) is 0 Å². The molecule has 0 saturated carbocycles. The number of phosphoric ester groups is 2. The van der Waals surface area contributed by atoms with Crippen LogP contribution in [-0.2, 0) is 32.0 Å². The van der Waals surface area contributed by atoms with E-state index in [2.05, 4.69) is 13.4 Å². The summed E-state index contributed by atoms with van der Waals surface area (Å²) in [6.07, 6.45) is -15.4. The highest BCUT2D eigenvalue weighted by molar-refractivity contribution is 7.61. The lowest BCUT2D eigenvalue weighted by Gasteiger charge is -2.39. The third-order valence-corrected chi connectivity index (χ3v) is 7.76. The first kappa shape index (κ1) is 29.2. The van der Waals surface area contributed by atoms with Gasteiger partial charge in [-0.25, -0.2) is 13.9 Å². The molecule has 0 spiro atoms. The molecule has 206 valence electrons. The number of aromatic amines is 1. The summed E-state index contributed by atoms with van der Waals surface area (Å²) in [6, 6.07) is 0.928. The van der Waals surface area contributed by atoms with E-state index in [4.69, 9.17) is 14.6 Å². The Morgan fingerprint density at radius 3 is 2.17 bits per heavy atom. The lowest BCUT2D eigenvalue weighted by atomic mass is 10.00. The minimum absolute atomic E-state index is 0.723. The second kappa shape index (κ2) is 11.2. The minimum Gasteiger partial charge on any atom is -0.394 e. The first-order valence-electron chi connectivity index (χ1n) is 9.99. The van der Waals surface area contributed by atoms with Crippen molar-refractivity contribution in [2.24, 2.45) is 0 Å². The van der Waals surface area contributed by atoms with E-state index < -0.39 is 95.4 Å². The Kier molecular flexibility index (Phi) is 9.05. The molecule has 1 aromatic rings. The third-order valence-electron chi connectivity index (χ3n) is 5.16. The molecule has 2 saturated heterocycles. The number of nitrogens with zero attached hydrogens (tertiary/aromatic N) is 1. The molecule has 1 aromatic heterocycles. The van der Waals surface area contributed by atoms with Crippen molar-refractivity contribution in [2.45, 2.75) is 55.2 Å². The molecule has 0 radical (unpaired) electrons. The molecular weight excluding hydrogens is 542 g/mol. The fraction of sp³-hybridized carbons (Fsp3) is 0.733. The first-order chi connectivity index (χ1) is 16.7. The molecule has 2 aliphatic rings. The Balaban J connectivity index is 1.61. The van der Waals surface area contributed by atoms with Crippen LogP contribution in [0, 0.1) is 0 Å². The van der Waals surface area contributed by atoms with Crippen LogP contribution in [0.3, 0.4) is 0 Å². The second-order valence-corrected chi connectivity index (χ2v) is 10.7. The number of rotatable bonds is 9. The van der Waals surface area contributed by atoms with E-state index >= 15 is 0 Å². The van der Waals surface area contributed by atoms with Gasteiger partial charge in [0.1, 0.15) is 42.7 Å². The van der Waals surface area contributed by atoms with Gasteiger partial charge in [-0.2, -0.15) is 4.31 Å². The number of aliphatic hydroxyl groups excluding tert-OH is 6. The number of nitrogens with one attached hydrogen (secondary N) is 1. The molecule has 9 N–H and O–H groups in total. The molecule has 3 heterocycles. The predicted molar refractivity (Wildman–Crippen MR) is 109 cm³/mol. The molecule has 2 unspecified atom stereocenters. The molecular formula is C15H24N2O17P2. The van der Waals surface area contributed by atoms with Crippen molar-refractivity contribution in [2.75, 3.05) is 13.2 Å². The highest BCUT2D eigenvalue weighted by Crippen LogP contribution is 2.61. The average molecular weight is 566 g/mol. The van der Waals surface area contributed by atoms with Gasteiger partial charge >= 0.3 is 21.3 Å². The highest BCUT2D eigenvalue weighted by atomic mass is 31.3. The van der Waals surface area contributed by atoms with Crippen LogP contribution in [0.1, 0.15) is 6.23 Å². The van der Waals surface area contributed by atoms with Crippen LogP contribution in [-0.4, -0.2) is 112 Å². The van der Waals surface area contributed by atoms with Crippen LogP contribution >= 0.6 is 15.6 Å². The zero-order valence-corrected chi connectivity index (χ0v) is 19.6. The van der Waals surface area contributed by atoms with Crippen LogP contribution in [0.4, 0.5) is 0 Å². The number of ether oxygens (including phenoxy) is 2. The number of H-pyrrole nitrogens is 1. The number of phosphoric acid groups is 2. The summed E-state index contributed by atoms with van der Waals surface area (Å²) in [5.41, 5.74) is -1.75. The summed E-state index contributed by atoms with van der Waals surface area (Å²) < 4.78 is 48.1. The Morgan fingerprint density at radius 1 is 0.917 bits per heavy atom. The van der Waals surface area contributed by atoms with Gasteiger partial charge in [-0.3, -0.25) is 23.4 Å². The van der Waals surface area contributed by atoms with E-state index in [1.54, 1.807) is 0 Å². The summed E-state index contributed by atoms with van der Waals surface area (Å²) in [6.45, 7) is -1.93. The predicted octanol–water partition coefficient (Wildman–Crippen LogP) is -4.79. The quantitative estimate of drug-likeness (QED) is 0.127. The minimum atomic E-state index is -5.59. The molecule has 0 amide bonds. The monoisotopic (exact) mass is 566 g/mol. The summed E-state index contributed by atoms with van der Waals surface area (Å²) >= 11 is 0. The molecule has 0 aromatic carbocycles. The van der Waals surface area contributed by atoms with Crippen molar-refractivity contribution >= 4 is 15.6 Å². The summed E-state index contributed by atoms with van der Waals surface area (Å²) in [4.78, 5) is 44.5. The normalized spacial score (nSPS) is 38.4. The van der Waals surface area contributed by atoms with Gasteiger partial charge in [-0.1, -0.05) is 0 Å². The van der Waals surface area contributed by atoms with Crippen molar-refractivity contribution in [1.82, 2.24) is 9.55 Å². The number of hydrogen-bond acceptors (Lipinski definition) is 15. The summed E-state index contributed by atoms with van der Waals surface area (Å²) in [7, 11) is -11.1. The molecule has 2 aliphatic heterocycles. The van der Waals surface area contributed by atoms with Gasteiger partial charge in [0.25, 0.3) is 5.56 Å². The zero-order valence-electron chi connectivity index (χ0n) is 17.9. The van der Waals surface area contributed by atoms with E-state index in [1.165, 1.54) is 0 Å². The number of hydrogen-bond donors (Lipinski definition) is 9. The van der Waals surface area contributed by atoms with Crippen LogP contribution in [0.15, 0.2) is 21.9 Å². The van der Waals surface area contributed by atoms with Crippen LogP contribution in [0.25, 0.3) is 0 Å². The molecule has 0 bridgehead atoms. The Bertz CT molecular complexity index is 1120. The van der Waals surface area contributed by atoms with Gasteiger partial charge in [-0.15, -0.1) is 0 Å². The standard InChI is InChI=1S/C15H24N2O17P2/c18-3-5-8(20)10(22)12(24)14(32-5)33-36(28,29)34-35(26,27)30-4-6-9(21)11(23)13(31-6)17-2-1-7(19)16-15(17)25/h1-2,5-6,8-14,18,20-24H,3-4H2,(H,26,27)(H,28,29)(H,16,19,25)/t5-,6-,8+,9+,10+,11-,12+,13+,14+/m0/s1. The average Bonchev–Trinajstić information content (AvgIpc) is 3.06. The largest absolute Gasteiger partial charge is 0.483 e. The molecule has 2 fully saturated rings. The maximum Gasteiger partial charge on any atom is 0.483 e. The fourth-order valence-electron chi connectivity index (χ4n) is 3.35. The van der Waals surface area contributed by atoms with E-state index in [9.17, 15) is 54.0 Å². The van der Waals surface area contributed by atoms with Gasteiger partial charge < -0.3 is 49.9 Å². The van der Waals surface area contributed by atoms with Gasteiger partial charge in [-0.05, 0) is 0 Å². The van der Waals surface area contributed by atoms with Gasteiger partial charge in [0.2, 0.25) is 0 Å². The molecule has 21 heteroatoms. The van der Waals surface area contributed by atoms with Crippen molar-refractivity contribution in [3.05, 3.63) is 33.1 Å². The molecule has 0 aliphatic carbocycles. The summed E-state index contributed by atoms with van der Waals surface area (Å²) in [5.74, 6) is 0. The van der Waals surface area contributed by atoms with Gasteiger partial charge in [0, 0.05) is 12.3 Å². The maximum atomic E-state index is 12.2. The third kappa shape index (κ3) is 6.54. The lowest BCUT2D eigenvalue weighted by Crippen LogP contribution is -2.58. The van der Waals surface area contributed by atoms with Gasteiger partial charge in [0.15, 0.2) is 12.5 Å². The topological polar surface area (TPSA) is 297 Å². The Hall–Kier alpha value is -1.38. The Morgan fingerprint density at radius 2 is 1.56 bits per heavy atom. The van der Waals surface area contributed by atoms with Crippen molar-refractivity contribution in [3.63, 3.8) is 0 Å². The zero-order chi connectivity index (χ0) is 27.0. The van der Waals surface area contributed by atoms with Crippen LogP contribution in [0.5, 0.6) is 0 Å². The molecule has 3 rings (SSSR count). The van der Waals surface area contributed by atoms with Crippen molar-refractivity contribution in [3.8, 4) is 0 Å².